The van der Waals surface area contributed by atoms with Crippen LogP contribution in [0.25, 0.3) is 0 Å². The van der Waals surface area contributed by atoms with E-state index < -0.39 is 0 Å². The molecule has 3 N–H and O–H groups in total. The summed E-state index contributed by atoms with van der Waals surface area (Å²) < 4.78 is 5.24. The van der Waals surface area contributed by atoms with E-state index in [4.69, 9.17) is 16.3 Å². The summed E-state index contributed by atoms with van der Waals surface area (Å²) in [5.41, 5.74) is 3.32. The molecule has 3 aromatic carbocycles. The average Bonchev–Trinajstić information content (AvgIpc) is 2.75. The molecule has 0 aromatic heterocycles. The predicted octanol–water partition coefficient (Wildman–Crippen LogP) is 4.96. The summed E-state index contributed by atoms with van der Waals surface area (Å²) in [5.74, 6) is 0.0740. The zero-order valence-electron chi connectivity index (χ0n) is 16.7. The quantitative estimate of drug-likeness (QED) is 0.501. The summed E-state index contributed by atoms with van der Waals surface area (Å²) in [6, 6.07) is 19.5. The molecular weight excluding hydrogens is 402 g/mol. The van der Waals surface area contributed by atoms with Crippen molar-refractivity contribution in [2.24, 2.45) is 0 Å². The Morgan fingerprint density at radius 2 is 1.63 bits per heavy atom. The van der Waals surface area contributed by atoms with Gasteiger partial charge in [0.05, 0.1) is 19.3 Å². The maximum absolute atomic E-state index is 12.4. The number of anilines is 3. The number of hydrogen-bond acceptors (Lipinski definition) is 4. The van der Waals surface area contributed by atoms with Gasteiger partial charge < -0.3 is 20.7 Å². The molecule has 0 aliphatic carbocycles. The largest absolute Gasteiger partial charge is 0.495 e. The molecule has 0 heterocycles. The van der Waals surface area contributed by atoms with Gasteiger partial charge in [0.15, 0.2) is 0 Å². The van der Waals surface area contributed by atoms with Gasteiger partial charge in [-0.3, -0.25) is 9.59 Å². The lowest BCUT2D eigenvalue weighted by Crippen LogP contribution is -2.22. The number of ether oxygens (including phenoxy) is 1. The molecule has 0 aliphatic heterocycles. The lowest BCUT2D eigenvalue weighted by Gasteiger charge is -2.15. The van der Waals surface area contributed by atoms with Gasteiger partial charge in [-0.15, -0.1) is 0 Å². The molecular formula is C23H22ClN3O3. The molecule has 0 saturated heterocycles. The lowest BCUT2D eigenvalue weighted by molar-refractivity contribution is -0.114. The van der Waals surface area contributed by atoms with Crippen molar-refractivity contribution in [2.75, 3.05) is 29.6 Å². The van der Waals surface area contributed by atoms with Crippen molar-refractivity contribution in [3.63, 3.8) is 0 Å². The molecule has 30 heavy (non-hydrogen) atoms. The summed E-state index contributed by atoms with van der Waals surface area (Å²) in [6.45, 7) is 1.91. The van der Waals surface area contributed by atoms with Crippen LogP contribution in [0.15, 0.2) is 66.7 Å². The second-order valence-electron chi connectivity index (χ2n) is 6.54. The monoisotopic (exact) mass is 423 g/mol. The molecule has 0 fully saturated rings. The Morgan fingerprint density at radius 1 is 0.900 bits per heavy atom. The van der Waals surface area contributed by atoms with Crippen LogP contribution >= 0.6 is 11.6 Å². The van der Waals surface area contributed by atoms with Gasteiger partial charge in [0.25, 0.3) is 5.91 Å². The Kier molecular flexibility index (Phi) is 6.93. The second-order valence-corrected chi connectivity index (χ2v) is 6.98. The first kappa shape index (κ1) is 21.2. The van der Waals surface area contributed by atoms with Crippen LogP contribution in [0.2, 0.25) is 5.02 Å². The minimum atomic E-state index is -0.256. The predicted molar refractivity (Wildman–Crippen MR) is 121 cm³/mol. The van der Waals surface area contributed by atoms with E-state index in [0.717, 1.165) is 11.3 Å². The molecule has 3 aromatic rings. The Bertz CT molecular complexity index is 1050. The van der Waals surface area contributed by atoms with Crippen LogP contribution in [-0.2, 0) is 4.79 Å². The maximum Gasteiger partial charge on any atom is 0.255 e. The van der Waals surface area contributed by atoms with Crippen LogP contribution < -0.4 is 20.7 Å². The van der Waals surface area contributed by atoms with Gasteiger partial charge in [0, 0.05) is 22.0 Å². The standard InChI is InChI=1S/C23H22ClN3O3/c1-15-18(9-6-10-19(15)27-23(29)16-7-4-3-5-8-16)25-14-22(28)26-20-13-17(24)11-12-21(20)30-2/h3-13,25H,14H2,1-2H3,(H,26,28)(H,27,29). The molecule has 0 unspecified atom stereocenters. The number of amides is 2. The fraction of sp³-hybridized carbons (Fsp3) is 0.130. The second kappa shape index (κ2) is 9.80. The normalized spacial score (nSPS) is 10.2. The third-order valence-electron chi connectivity index (χ3n) is 4.49. The zero-order chi connectivity index (χ0) is 21.5. The van der Waals surface area contributed by atoms with E-state index >= 15 is 0 Å². The number of hydrogen-bond donors (Lipinski definition) is 3. The van der Waals surface area contributed by atoms with Crippen LogP contribution in [0.5, 0.6) is 5.75 Å². The highest BCUT2D eigenvalue weighted by Crippen LogP contribution is 2.28. The molecule has 0 aliphatic rings. The lowest BCUT2D eigenvalue weighted by atomic mass is 10.1. The molecule has 7 heteroatoms. The third-order valence-corrected chi connectivity index (χ3v) is 4.73. The van der Waals surface area contributed by atoms with Crippen molar-refractivity contribution in [3.8, 4) is 5.75 Å². The highest BCUT2D eigenvalue weighted by atomic mass is 35.5. The third kappa shape index (κ3) is 5.30. The molecule has 3 rings (SSSR count). The van der Waals surface area contributed by atoms with Crippen LogP contribution in [0.4, 0.5) is 17.1 Å². The summed E-state index contributed by atoms with van der Waals surface area (Å²) >= 11 is 6.00. The van der Waals surface area contributed by atoms with E-state index in [-0.39, 0.29) is 18.4 Å². The van der Waals surface area contributed by atoms with Crippen LogP contribution in [0.1, 0.15) is 15.9 Å². The van der Waals surface area contributed by atoms with E-state index in [9.17, 15) is 9.59 Å². The van der Waals surface area contributed by atoms with E-state index in [1.807, 2.05) is 43.3 Å². The fourth-order valence-corrected chi connectivity index (χ4v) is 3.07. The summed E-state index contributed by atoms with van der Waals surface area (Å²) in [4.78, 5) is 24.8. The van der Waals surface area contributed by atoms with Crippen molar-refractivity contribution in [2.45, 2.75) is 6.92 Å². The summed E-state index contributed by atoms with van der Waals surface area (Å²) in [7, 11) is 1.52. The van der Waals surface area contributed by atoms with Gasteiger partial charge in [-0.1, -0.05) is 35.9 Å². The molecule has 6 nitrogen and oxygen atoms in total. The first-order valence-corrected chi connectivity index (χ1v) is 9.69. The van der Waals surface area contributed by atoms with E-state index in [0.29, 0.717) is 27.7 Å². The van der Waals surface area contributed by atoms with Crippen molar-refractivity contribution in [1.29, 1.82) is 0 Å². The van der Waals surface area contributed by atoms with Crippen molar-refractivity contribution < 1.29 is 14.3 Å². The summed E-state index contributed by atoms with van der Waals surface area (Å²) in [5, 5.41) is 9.28. The van der Waals surface area contributed by atoms with Crippen LogP contribution in [-0.4, -0.2) is 25.5 Å². The number of rotatable bonds is 7. The van der Waals surface area contributed by atoms with Gasteiger partial charge in [0.2, 0.25) is 5.91 Å². The topological polar surface area (TPSA) is 79.5 Å². The average molecular weight is 424 g/mol. The first-order chi connectivity index (χ1) is 14.5. The zero-order valence-corrected chi connectivity index (χ0v) is 17.4. The minimum absolute atomic E-state index is 0.0343. The highest BCUT2D eigenvalue weighted by Gasteiger charge is 2.12. The van der Waals surface area contributed by atoms with Gasteiger partial charge in [-0.25, -0.2) is 0 Å². The molecule has 0 saturated carbocycles. The molecule has 0 radical (unpaired) electrons. The Morgan fingerprint density at radius 3 is 2.37 bits per heavy atom. The van der Waals surface area contributed by atoms with Gasteiger partial charge in [0.1, 0.15) is 5.75 Å². The van der Waals surface area contributed by atoms with E-state index in [2.05, 4.69) is 16.0 Å². The smallest absolute Gasteiger partial charge is 0.255 e. The van der Waals surface area contributed by atoms with Gasteiger partial charge in [-0.2, -0.15) is 0 Å². The molecule has 0 spiro atoms. The Balaban J connectivity index is 1.65. The highest BCUT2D eigenvalue weighted by molar-refractivity contribution is 6.31. The minimum Gasteiger partial charge on any atom is -0.495 e. The Labute approximate surface area is 180 Å². The number of nitrogens with one attached hydrogen (secondary N) is 3. The van der Waals surface area contributed by atoms with E-state index in [1.165, 1.54) is 7.11 Å². The fourth-order valence-electron chi connectivity index (χ4n) is 2.89. The molecule has 2 amide bonds. The van der Waals surface area contributed by atoms with Crippen molar-refractivity contribution >= 4 is 40.5 Å². The number of halogens is 1. The SMILES string of the molecule is COc1ccc(Cl)cc1NC(=O)CNc1cccc(NC(=O)c2ccccc2)c1C. The first-order valence-electron chi connectivity index (χ1n) is 9.31. The van der Waals surface area contributed by atoms with E-state index in [1.54, 1.807) is 30.3 Å². The number of carbonyl (C=O) groups is 2. The number of carbonyl (C=O) groups excluding carboxylic acids is 2. The van der Waals surface area contributed by atoms with Crippen molar-refractivity contribution in [1.82, 2.24) is 0 Å². The molecule has 0 bridgehead atoms. The number of methoxy groups -OCH3 is 1. The molecule has 154 valence electrons. The number of benzene rings is 3. The van der Waals surface area contributed by atoms with Gasteiger partial charge >= 0.3 is 0 Å². The van der Waals surface area contributed by atoms with Crippen LogP contribution in [0, 0.1) is 6.92 Å². The maximum atomic E-state index is 12.4. The molecule has 0 atom stereocenters. The van der Waals surface area contributed by atoms with Crippen molar-refractivity contribution in [3.05, 3.63) is 82.9 Å². The van der Waals surface area contributed by atoms with Crippen LogP contribution in [0.3, 0.4) is 0 Å². The van der Waals surface area contributed by atoms with Gasteiger partial charge in [-0.05, 0) is 55.0 Å². The Hall–Kier alpha value is -3.51. The summed E-state index contributed by atoms with van der Waals surface area (Å²) in [6.07, 6.45) is 0.